The first-order valence-corrected chi connectivity index (χ1v) is 9.75. The van der Waals surface area contributed by atoms with Crippen molar-refractivity contribution in [3.05, 3.63) is 0 Å². The lowest BCUT2D eigenvalue weighted by atomic mass is 10.1. The van der Waals surface area contributed by atoms with Gasteiger partial charge < -0.3 is 11.5 Å². The molecular weight excluding hydrogens is 260 g/mol. The van der Waals surface area contributed by atoms with Crippen LogP contribution in [0.5, 0.6) is 0 Å². The van der Waals surface area contributed by atoms with Crippen LogP contribution in [0.1, 0.15) is 58.3 Å². The van der Waals surface area contributed by atoms with Crippen LogP contribution in [0, 0.1) is 0 Å². The van der Waals surface area contributed by atoms with Crippen molar-refractivity contribution in [2.75, 3.05) is 23.0 Å². The molecule has 4 heteroatoms. The molecule has 110 valence electrons. The summed E-state index contributed by atoms with van der Waals surface area (Å²) >= 11 is 3.96. The molecule has 0 aliphatic heterocycles. The molecule has 18 heavy (non-hydrogen) atoms. The summed E-state index contributed by atoms with van der Waals surface area (Å²) in [4.78, 5) is 0. The minimum Gasteiger partial charge on any atom is -0.315 e. The van der Waals surface area contributed by atoms with E-state index in [4.69, 9.17) is 11.5 Å². The zero-order chi connectivity index (χ0) is 13.5. The third-order valence-corrected chi connectivity index (χ3v) is 5.03. The molecule has 0 spiro atoms. The number of thioether (sulfide) groups is 2. The molecule has 0 saturated carbocycles. The highest BCUT2D eigenvalue weighted by atomic mass is 32.2. The van der Waals surface area contributed by atoms with Gasteiger partial charge in [0.15, 0.2) is 0 Å². The van der Waals surface area contributed by atoms with Gasteiger partial charge in [-0.25, -0.2) is 0 Å². The fraction of sp³-hybridized carbons (Fsp3) is 1.00. The Kier molecular flexibility index (Phi) is 16.2. The Hall–Kier alpha value is 0.620. The van der Waals surface area contributed by atoms with Crippen LogP contribution in [0.3, 0.4) is 0 Å². The van der Waals surface area contributed by atoms with Crippen molar-refractivity contribution < 1.29 is 0 Å². The molecule has 0 aliphatic carbocycles. The van der Waals surface area contributed by atoms with Crippen molar-refractivity contribution >= 4 is 23.5 Å². The van der Waals surface area contributed by atoms with Gasteiger partial charge in [-0.2, -0.15) is 23.5 Å². The predicted molar refractivity (Wildman–Crippen MR) is 89.4 cm³/mol. The average molecular weight is 293 g/mol. The van der Waals surface area contributed by atoms with Crippen molar-refractivity contribution in [1.29, 1.82) is 0 Å². The highest BCUT2D eigenvalue weighted by Gasteiger charge is 1.95. The van der Waals surface area contributed by atoms with Crippen molar-refractivity contribution in [1.82, 2.24) is 0 Å². The Morgan fingerprint density at radius 2 is 1.17 bits per heavy atom. The SMILES string of the molecule is CCSCCCCCCCCCCSCC(N)N. The molecule has 0 unspecified atom stereocenters. The van der Waals surface area contributed by atoms with Crippen LogP contribution in [0.4, 0.5) is 0 Å². The largest absolute Gasteiger partial charge is 0.315 e. The quantitative estimate of drug-likeness (QED) is 0.377. The second kappa shape index (κ2) is 15.7. The summed E-state index contributed by atoms with van der Waals surface area (Å²) in [7, 11) is 0. The van der Waals surface area contributed by atoms with Gasteiger partial charge in [-0.1, -0.05) is 45.4 Å². The van der Waals surface area contributed by atoms with E-state index in [1.165, 1.54) is 68.6 Å². The maximum Gasteiger partial charge on any atom is 0.0614 e. The second-order valence-corrected chi connectivity index (χ2v) is 7.31. The molecule has 0 radical (unpaired) electrons. The van der Waals surface area contributed by atoms with Crippen LogP contribution in [-0.4, -0.2) is 29.2 Å². The van der Waals surface area contributed by atoms with E-state index in [0.29, 0.717) is 0 Å². The lowest BCUT2D eigenvalue weighted by molar-refractivity contribution is 0.587. The molecule has 0 bridgehead atoms. The molecule has 0 aromatic carbocycles. The number of nitrogens with two attached hydrogens (primary N) is 2. The summed E-state index contributed by atoms with van der Waals surface area (Å²) in [6, 6.07) is 0. The monoisotopic (exact) mass is 292 g/mol. The number of rotatable bonds is 14. The predicted octanol–water partition coefficient (Wildman–Crippen LogP) is 3.84. The Morgan fingerprint density at radius 1 is 0.722 bits per heavy atom. The van der Waals surface area contributed by atoms with Crippen molar-refractivity contribution in [2.24, 2.45) is 11.5 Å². The van der Waals surface area contributed by atoms with E-state index in [9.17, 15) is 0 Å². The molecule has 0 atom stereocenters. The second-order valence-electron chi connectivity index (χ2n) is 4.76. The molecule has 0 aliphatic rings. The van der Waals surface area contributed by atoms with E-state index in [0.717, 1.165) is 5.75 Å². The van der Waals surface area contributed by atoms with Crippen LogP contribution in [0.15, 0.2) is 0 Å². The highest BCUT2D eigenvalue weighted by molar-refractivity contribution is 7.99. The van der Waals surface area contributed by atoms with E-state index in [-0.39, 0.29) is 6.17 Å². The van der Waals surface area contributed by atoms with Gasteiger partial charge in [-0.05, 0) is 30.1 Å². The molecule has 0 aromatic rings. The minimum atomic E-state index is -0.138. The summed E-state index contributed by atoms with van der Waals surface area (Å²) in [6.07, 6.45) is 11.1. The van der Waals surface area contributed by atoms with Gasteiger partial charge >= 0.3 is 0 Å². The Labute approximate surface area is 122 Å². The molecule has 0 amide bonds. The van der Waals surface area contributed by atoms with Crippen LogP contribution in [-0.2, 0) is 0 Å². The molecule has 2 nitrogen and oxygen atoms in total. The van der Waals surface area contributed by atoms with Crippen LogP contribution >= 0.6 is 23.5 Å². The van der Waals surface area contributed by atoms with Gasteiger partial charge in [0.2, 0.25) is 0 Å². The van der Waals surface area contributed by atoms with E-state index < -0.39 is 0 Å². The molecular formula is C14H32N2S2. The third kappa shape index (κ3) is 16.6. The lowest BCUT2D eigenvalue weighted by Gasteiger charge is -2.05. The maximum absolute atomic E-state index is 5.49. The third-order valence-electron chi connectivity index (χ3n) is 2.84. The topological polar surface area (TPSA) is 52.0 Å². The van der Waals surface area contributed by atoms with Gasteiger partial charge in [0.05, 0.1) is 6.17 Å². The molecule has 0 fully saturated rings. The van der Waals surface area contributed by atoms with Gasteiger partial charge in [0.25, 0.3) is 0 Å². The van der Waals surface area contributed by atoms with Gasteiger partial charge in [0.1, 0.15) is 0 Å². The zero-order valence-electron chi connectivity index (χ0n) is 12.0. The molecule has 0 saturated heterocycles. The van der Waals surface area contributed by atoms with Gasteiger partial charge in [-0.15, -0.1) is 0 Å². The average Bonchev–Trinajstić information content (AvgIpc) is 2.34. The molecule has 0 heterocycles. The normalized spacial score (nSPS) is 11.3. The summed E-state index contributed by atoms with van der Waals surface area (Å²) in [5.41, 5.74) is 11.0. The van der Waals surface area contributed by atoms with Crippen molar-refractivity contribution in [3.8, 4) is 0 Å². The maximum atomic E-state index is 5.49. The van der Waals surface area contributed by atoms with E-state index in [2.05, 4.69) is 18.7 Å². The zero-order valence-corrected chi connectivity index (χ0v) is 13.7. The van der Waals surface area contributed by atoms with Crippen molar-refractivity contribution in [2.45, 2.75) is 64.5 Å². The van der Waals surface area contributed by atoms with E-state index in [1.54, 1.807) is 0 Å². The van der Waals surface area contributed by atoms with E-state index >= 15 is 0 Å². The van der Waals surface area contributed by atoms with Crippen LogP contribution < -0.4 is 11.5 Å². The first-order chi connectivity index (χ1) is 8.77. The van der Waals surface area contributed by atoms with Crippen molar-refractivity contribution in [3.63, 3.8) is 0 Å². The standard InChI is InChI=1S/C14H32N2S2/c1-2-17-11-9-7-5-3-4-6-8-10-12-18-13-14(15)16/h14H,2-13,15-16H2,1H3. The fourth-order valence-electron chi connectivity index (χ4n) is 1.83. The van der Waals surface area contributed by atoms with Gasteiger partial charge in [0, 0.05) is 5.75 Å². The van der Waals surface area contributed by atoms with E-state index in [1.807, 2.05) is 11.8 Å². The van der Waals surface area contributed by atoms with Crippen LogP contribution in [0.25, 0.3) is 0 Å². The lowest BCUT2D eigenvalue weighted by Crippen LogP contribution is -2.32. The first-order valence-electron chi connectivity index (χ1n) is 7.44. The van der Waals surface area contributed by atoms with Crippen LogP contribution in [0.2, 0.25) is 0 Å². The minimum absolute atomic E-state index is 0.138. The first kappa shape index (κ1) is 18.6. The molecule has 0 aromatic heterocycles. The fourth-order valence-corrected chi connectivity index (χ4v) is 3.38. The molecule has 0 rings (SSSR count). The summed E-state index contributed by atoms with van der Waals surface area (Å²) in [5.74, 6) is 4.75. The Bertz CT molecular complexity index is 155. The smallest absolute Gasteiger partial charge is 0.0614 e. The summed E-state index contributed by atoms with van der Waals surface area (Å²) in [5, 5.41) is 0. The Balaban J connectivity index is 2.90. The van der Waals surface area contributed by atoms with Gasteiger partial charge in [-0.3, -0.25) is 0 Å². The Morgan fingerprint density at radius 3 is 1.61 bits per heavy atom. The number of hydrogen-bond donors (Lipinski definition) is 2. The summed E-state index contributed by atoms with van der Waals surface area (Å²) < 4.78 is 0. The summed E-state index contributed by atoms with van der Waals surface area (Å²) in [6.45, 7) is 2.24. The molecule has 4 N–H and O–H groups in total. The number of unbranched alkanes of at least 4 members (excludes halogenated alkanes) is 7. The number of hydrogen-bond acceptors (Lipinski definition) is 4. The highest BCUT2D eigenvalue weighted by Crippen LogP contribution is 2.12.